The van der Waals surface area contributed by atoms with E-state index < -0.39 is 0 Å². The van der Waals surface area contributed by atoms with Crippen LogP contribution in [0.25, 0.3) is 11.4 Å². The normalized spacial score (nSPS) is 10.5. The lowest BCUT2D eigenvalue weighted by atomic mass is 10.1. The molecule has 27 heavy (non-hydrogen) atoms. The van der Waals surface area contributed by atoms with E-state index in [0.29, 0.717) is 17.3 Å². The van der Waals surface area contributed by atoms with Crippen LogP contribution >= 0.6 is 0 Å². The smallest absolute Gasteiger partial charge is 0.251 e. The van der Waals surface area contributed by atoms with Gasteiger partial charge in [0.1, 0.15) is 0 Å². The Morgan fingerprint density at radius 1 is 1.04 bits per heavy atom. The number of aryl methyl sites for hydroxylation is 2. The lowest BCUT2D eigenvalue weighted by Gasteiger charge is -2.11. The summed E-state index contributed by atoms with van der Waals surface area (Å²) in [5.41, 5.74) is 4.03. The van der Waals surface area contributed by atoms with Gasteiger partial charge in [-0.25, -0.2) is 0 Å². The Hall–Kier alpha value is -3.48. The van der Waals surface area contributed by atoms with Crippen molar-refractivity contribution in [3.05, 3.63) is 65.0 Å². The zero-order chi connectivity index (χ0) is 19.4. The van der Waals surface area contributed by atoms with Gasteiger partial charge >= 0.3 is 0 Å². The predicted molar refractivity (Wildman–Crippen MR) is 101 cm³/mol. The Morgan fingerprint density at radius 3 is 2.44 bits per heavy atom. The van der Waals surface area contributed by atoms with E-state index in [1.807, 2.05) is 32.0 Å². The molecule has 0 aliphatic carbocycles. The standard InChI is InChI=1S/C20H20N4O3/c1-12-5-4-6-17(13(12)2)23-18(25)11-21-20(26)16-9-7-15(8-10-16)19-22-14(3)27-24-19/h4-10H,11H2,1-3H3,(H,21,26)(H,23,25). The predicted octanol–water partition coefficient (Wildman–Crippen LogP) is 3.03. The summed E-state index contributed by atoms with van der Waals surface area (Å²) in [6.45, 7) is 5.52. The third-order valence-corrected chi connectivity index (χ3v) is 4.22. The molecule has 0 atom stereocenters. The van der Waals surface area contributed by atoms with Crippen LogP contribution in [0.1, 0.15) is 27.4 Å². The fourth-order valence-electron chi connectivity index (χ4n) is 2.53. The van der Waals surface area contributed by atoms with E-state index in [0.717, 1.165) is 22.4 Å². The second-order valence-electron chi connectivity index (χ2n) is 6.19. The van der Waals surface area contributed by atoms with Crippen molar-refractivity contribution in [3.63, 3.8) is 0 Å². The number of benzene rings is 2. The fraction of sp³-hybridized carbons (Fsp3) is 0.200. The molecule has 0 unspecified atom stereocenters. The van der Waals surface area contributed by atoms with Gasteiger partial charge in [-0.15, -0.1) is 0 Å². The van der Waals surface area contributed by atoms with Gasteiger partial charge in [-0.1, -0.05) is 29.4 Å². The summed E-state index contributed by atoms with van der Waals surface area (Å²) in [4.78, 5) is 28.5. The molecule has 2 N–H and O–H groups in total. The van der Waals surface area contributed by atoms with Gasteiger partial charge in [-0.2, -0.15) is 4.98 Å². The quantitative estimate of drug-likeness (QED) is 0.725. The molecule has 0 saturated carbocycles. The van der Waals surface area contributed by atoms with E-state index in [4.69, 9.17) is 4.52 Å². The molecule has 0 radical (unpaired) electrons. The number of carbonyl (C=O) groups is 2. The van der Waals surface area contributed by atoms with E-state index in [2.05, 4.69) is 20.8 Å². The molecule has 2 amide bonds. The molecule has 1 heterocycles. The molecule has 0 bridgehead atoms. The third kappa shape index (κ3) is 4.38. The van der Waals surface area contributed by atoms with Crippen LogP contribution in [0.4, 0.5) is 5.69 Å². The summed E-state index contributed by atoms with van der Waals surface area (Å²) in [7, 11) is 0. The van der Waals surface area contributed by atoms with Crippen molar-refractivity contribution >= 4 is 17.5 Å². The van der Waals surface area contributed by atoms with Gasteiger partial charge in [0.05, 0.1) is 6.54 Å². The Kier molecular flexibility index (Phi) is 5.30. The molecule has 7 heteroatoms. The summed E-state index contributed by atoms with van der Waals surface area (Å²) in [6.07, 6.45) is 0. The van der Waals surface area contributed by atoms with Crippen LogP contribution in [-0.2, 0) is 4.79 Å². The van der Waals surface area contributed by atoms with Crippen molar-refractivity contribution in [1.29, 1.82) is 0 Å². The van der Waals surface area contributed by atoms with Gasteiger partial charge in [0, 0.05) is 23.7 Å². The number of anilines is 1. The molecule has 3 rings (SSSR count). The van der Waals surface area contributed by atoms with E-state index in [1.54, 1.807) is 31.2 Å². The van der Waals surface area contributed by atoms with Gasteiger partial charge in [-0.05, 0) is 43.2 Å². The maximum atomic E-state index is 12.2. The number of nitrogens with one attached hydrogen (secondary N) is 2. The van der Waals surface area contributed by atoms with Crippen LogP contribution in [0, 0.1) is 20.8 Å². The van der Waals surface area contributed by atoms with Crippen molar-refractivity contribution < 1.29 is 14.1 Å². The first-order chi connectivity index (χ1) is 12.9. The van der Waals surface area contributed by atoms with E-state index >= 15 is 0 Å². The maximum Gasteiger partial charge on any atom is 0.251 e. The Bertz CT molecular complexity index is 977. The molecule has 0 fully saturated rings. The van der Waals surface area contributed by atoms with Crippen LogP contribution in [-0.4, -0.2) is 28.5 Å². The van der Waals surface area contributed by atoms with Crippen molar-refractivity contribution in [2.75, 3.05) is 11.9 Å². The largest absolute Gasteiger partial charge is 0.343 e. The van der Waals surface area contributed by atoms with Crippen LogP contribution in [0.3, 0.4) is 0 Å². The van der Waals surface area contributed by atoms with Gasteiger partial charge in [0.2, 0.25) is 17.6 Å². The third-order valence-electron chi connectivity index (χ3n) is 4.22. The lowest BCUT2D eigenvalue weighted by molar-refractivity contribution is -0.115. The molecule has 7 nitrogen and oxygen atoms in total. The molecular formula is C20H20N4O3. The van der Waals surface area contributed by atoms with Crippen molar-refractivity contribution in [3.8, 4) is 11.4 Å². The molecule has 0 spiro atoms. The number of carbonyl (C=O) groups excluding carboxylic acids is 2. The molecule has 3 aromatic rings. The number of hydrogen-bond acceptors (Lipinski definition) is 5. The SMILES string of the molecule is Cc1nc(-c2ccc(C(=O)NCC(=O)Nc3cccc(C)c3C)cc2)no1. The Balaban J connectivity index is 1.57. The molecular weight excluding hydrogens is 344 g/mol. The Morgan fingerprint density at radius 2 is 1.78 bits per heavy atom. The van der Waals surface area contributed by atoms with Crippen molar-refractivity contribution in [2.45, 2.75) is 20.8 Å². The van der Waals surface area contributed by atoms with E-state index in [-0.39, 0.29) is 18.4 Å². The molecule has 0 aliphatic heterocycles. The van der Waals surface area contributed by atoms with Crippen molar-refractivity contribution in [1.82, 2.24) is 15.5 Å². The minimum absolute atomic E-state index is 0.113. The van der Waals surface area contributed by atoms with E-state index in [9.17, 15) is 9.59 Å². The topological polar surface area (TPSA) is 97.1 Å². The minimum Gasteiger partial charge on any atom is -0.343 e. The zero-order valence-electron chi connectivity index (χ0n) is 15.4. The lowest BCUT2D eigenvalue weighted by Crippen LogP contribution is -2.33. The fourth-order valence-corrected chi connectivity index (χ4v) is 2.53. The summed E-state index contributed by atoms with van der Waals surface area (Å²) in [5, 5.41) is 9.26. The number of amides is 2. The number of nitrogens with zero attached hydrogens (tertiary/aromatic N) is 2. The van der Waals surface area contributed by atoms with Gasteiger partial charge in [-0.3, -0.25) is 9.59 Å². The van der Waals surface area contributed by atoms with Gasteiger partial charge in [0.15, 0.2) is 0 Å². The minimum atomic E-state index is -0.332. The Labute approximate surface area is 156 Å². The number of aromatic nitrogens is 2. The van der Waals surface area contributed by atoms with Crippen LogP contribution in [0.2, 0.25) is 0 Å². The first-order valence-corrected chi connectivity index (χ1v) is 8.49. The summed E-state index contributed by atoms with van der Waals surface area (Å²) >= 11 is 0. The monoisotopic (exact) mass is 364 g/mol. The summed E-state index contributed by atoms with van der Waals surface area (Å²) in [5.74, 6) is 0.326. The van der Waals surface area contributed by atoms with Crippen LogP contribution in [0.15, 0.2) is 47.0 Å². The second kappa shape index (κ2) is 7.82. The first-order valence-electron chi connectivity index (χ1n) is 8.49. The van der Waals surface area contributed by atoms with E-state index in [1.165, 1.54) is 0 Å². The summed E-state index contributed by atoms with van der Waals surface area (Å²) < 4.78 is 4.94. The molecule has 138 valence electrons. The van der Waals surface area contributed by atoms with Crippen LogP contribution < -0.4 is 10.6 Å². The highest BCUT2D eigenvalue weighted by atomic mass is 16.5. The highest BCUT2D eigenvalue weighted by Crippen LogP contribution is 2.18. The molecule has 0 aliphatic rings. The zero-order valence-corrected chi connectivity index (χ0v) is 15.4. The molecule has 0 saturated heterocycles. The number of rotatable bonds is 5. The van der Waals surface area contributed by atoms with Crippen molar-refractivity contribution in [2.24, 2.45) is 0 Å². The van der Waals surface area contributed by atoms with Gasteiger partial charge < -0.3 is 15.2 Å². The molecule has 2 aromatic carbocycles. The highest BCUT2D eigenvalue weighted by molar-refractivity contribution is 5.99. The average Bonchev–Trinajstić information content (AvgIpc) is 3.10. The molecule has 1 aromatic heterocycles. The van der Waals surface area contributed by atoms with Crippen LogP contribution in [0.5, 0.6) is 0 Å². The number of hydrogen-bond donors (Lipinski definition) is 2. The second-order valence-corrected chi connectivity index (χ2v) is 6.19. The summed E-state index contributed by atoms with van der Waals surface area (Å²) in [6, 6.07) is 12.5. The highest BCUT2D eigenvalue weighted by Gasteiger charge is 2.11. The maximum absolute atomic E-state index is 12.2. The first kappa shape index (κ1) is 18.3. The van der Waals surface area contributed by atoms with Gasteiger partial charge in [0.25, 0.3) is 5.91 Å². The average molecular weight is 364 g/mol.